The minimum Gasteiger partial charge on any atom is -0.311 e. The van der Waals surface area contributed by atoms with E-state index in [4.69, 9.17) is 0 Å². The number of nitrogens with zero attached hydrogens (tertiary/aromatic N) is 6. The lowest BCUT2D eigenvalue weighted by atomic mass is 9.30. The molecule has 17 aromatic carbocycles. The Morgan fingerprint density at radius 3 is 1.03 bits per heavy atom. The summed E-state index contributed by atoms with van der Waals surface area (Å²) in [6.45, 7) is -0.541. The van der Waals surface area contributed by atoms with Crippen LogP contribution in [0, 0.1) is 0 Å². The van der Waals surface area contributed by atoms with Crippen LogP contribution >= 0.6 is 22.7 Å². The molecular formula is C102H66B2N6S2. The number of hydrogen-bond donors (Lipinski definition) is 0. The van der Waals surface area contributed by atoms with Crippen molar-refractivity contribution in [3.8, 4) is 22.3 Å². The smallest absolute Gasteiger partial charge is 0.252 e. The number of anilines is 18. The summed E-state index contributed by atoms with van der Waals surface area (Å²) in [5.74, 6) is 0. The van der Waals surface area contributed by atoms with Crippen molar-refractivity contribution in [2.45, 2.75) is 0 Å². The molecule has 6 nitrogen and oxygen atoms in total. The van der Waals surface area contributed by atoms with E-state index >= 15 is 0 Å². The van der Waals surface area contributed by atoms with Crippen LogP contribution in [0.1, 0.15) is 0 Å². The van der Waals surface area contributed by atoms with Gasteiger partial charge in [0.25, 0.3) is 13.4 Å². The summed E-state index contributed by atoms with van der Waals surface area (Å²) in [5.41, 5.74) is 31.6. The highest BCUT2D eigenvalue weighted by atomic mass is 32.1. The van der Waals surface area contributed by atoms with E-state index in [2.05, 4.69) is 430 Å². The molecule has 0 unspecified atom stereocenters. The first kappa shape index (κ1) is 64.1. The second kappa shape index (κ2) is 25.9. The Morgan fingerprint density at radius 1 is 0.205 bits per heavy atom. The molecular weight excluding hydrogens is 1390 g/mol. The van der Waals surface area contributed by atoms with Gasteiger partial charge in [0, 0.05) is 115 Å². The molecule has 112 heavy (non-hydrogen) atoms. The lowest BCUT2D eigenvalue weighted by Gasteiger charge is -2.48. The van der Waals surface area contributed by atoms with Crippen LogP contribution in [0.25, 0.3) is 62.6 Å². The van der Waals surface area contributed by atoms with E-state index in [0.29, 0.717) is 0 Å². The average molecular weight is 1460 g/mol. The monoisotopic (exact) mass is 1460 g/mol. The highest BCUT2D eigenvalue weighted by Crippen LogP contribution is 2.56. The highest BCUT2D eigenvalue weighted by Gasteiger charge is 2.50. The molecule has 10 heteroatoms. The predicted octanol–water partition coefficient (Wildman–Crippen LogP) is 24.9. The topological polar surface area (TPSA) is 19.4 Å². The van der Waals surface area contributed by atoms with Crippen LogP contribution < -0.4 is 62.2 Å². The van der Waals surface area contributed by atoms with Gasteiger partial charge < -0.3 is 29.4 Å². The Morgan fingerprint density at radius 2 is 0.545 bits per heavy atom. The zero-order chi connectivity index (χ0) is 73.5. The highest BCUT2D eigenvalue weighted by molar-refractivity contribution is 7.26. The molecule has 0 aliphatic carbocycles. The summed E-state index contributed by atoms with van der Waals surface area (Å²) in [5, 5.41) is 5.00. The Bertz CT molecular complexity index is 6870. The first-order chi connectivity index (χ1) is 55.6. The summed E-state index contributed by atoms with van der Waals surface area (Å²) in [6.07, 6.45) is 0. The van der Waals surface area contributed by atoms with Crippen molar-refractivity contribution in [2.75, 3.05) is 29.4 Å². The van der Waals surface area contributed by atoms with E-state index in [-0.39, 0.29) is 13.4 Å². The van der Waals surface area contributed by atoms with Gasteiger partial charge in [0.15, 0.2) is 0 Å². The maximum absolute atomic E-state index is 2.69. The Labute approximate surface area is 658 Å². The van der Waals surface area contributed by atoms with Crippen molar-refractivity contribution in [3.05, 3.63) is 400 Å². The second-order valence-corrected chi connectivity index (χ2v) is 31.5. The minimum absolute atomic E-state index is 0.270. The molecule has 6 heterocycles. The fourth-order valence-corrected chi connectivity index (χ4v) is 21.1. The summed E-state index contributed by atoms with van der Waals surface area (Å²) in [7, 11) is 0. The maximum atomic E-state index is 2.69. The van der Waals surface area contributed by atoms with Crippen molar-refractivity contribution < 1.29 is 0 Å². The van der Waals surface area contributed by atoms with Gasteiger partial charge in [-0.2, -0.15) is 0 Å². The number of fused-ring (bicyclic) bond motifs is 14. The Kier molecular flexibility index (Phi) is 14.8. The van der Waals surface area contributed by atoms with Crippen LogP contribution in [0.3, 0.4) is 0 Å². The summed E-state index contributed by atoms with van der Waals surface area (Å²) < 4.78 is 5.02. The van der Waals surface area contributed by atoms with E-state index in [1.165, 1.54) is 73.1 Å². The molecule has 0 fully saturated rings. The summed E-state index contributed by atoms with van der Waals surface area (Å²) in [4.78, 5) is 15.5. The van der Waals surface area contributed by atoms with Crippen molar-refractivity contribution in [3.63, 3.8) is 0 Å². The van der Waals surface area contributed by atoms with Crippen LogP contribution in [0.5, 0.6) is 0 Å². The second-order valence-electron chi connectivity index (χ2n) is 29.4. The van der Waals surface area contributed by atoms with Gasteiger partial charge in [0.2, 0.25) is 0 Å². The number of para-hydroxylation sites is 8. The van der Waals surface area contributed by atoms with Crippen molar-refractivity contribution in [2.24, 2.45) is 0 Å². The van der Waals surface area contributed by atoms with E-state index < -0.39 is 0 Å². The molecule has 0 amide bonds. The zero-order valence-corrected chi connectivity index (χ0v) is 62.4. The van der Waals surface area contributed by atoms with Gasteiger partial charge in [-0.3, -0.25) is 0 Å². The summed E-state index contributed by atoms with van der Waals surface area (Å²) >= 11 is 3.75. The molecule has 0 saturated heterocycles. The van der Waals surface area contributed by atoms with E-state index in [1.807, 2.05) is 22.7 Å². The largest absolute Gasteiger partial charge is 0.311 e. The number of benzene rings is 17. The molecule has 0 bridgehead atoms. The number of hydrogen-bond acceptors (Lipinski definition) is 8. The van der Waals surface area contributed by atoms with Gasteiger partial charge in [-0.1, -0.05) is 267 Å². The summed E-state index contributed by atoms with van der Waals surface area (Å²) in [6, 6.07) is 150. The third kappa shape index (κ3) is 9.92. The van der Waals surface area contributed by atoms with Crippen LogP contribution in [0.15, 0.2) is 400 Å². The van der Waals surface area contributed by atoms with Crippen LogP contribution in [-0.2, 0) is 0 Å². The number of thiophene rings is 2. The molecule has 0 N–H and O–H groups in total. The molecule has 0 atom stereocenters. The molecule has 522 valence electrons. The maximum Gasteiger partial charge on any atom is 0.252 e. The Hall–Kier alpha value is -13.9. The van der Waals surface area contributed by atoms with Crippen LogP contribution in [0.2, 0.25) is 0 Å². The fourth-order valence-electron chi connectivity index (χ4n) is 18.8. The molecule has 4 aliphatic rings. The van der Waals surface area contributed by atoms with Crippen LogP contribution in [0.4, 0.5) is 102 Å². The van der Waals surface area contributed by atoms with Crippen molar-refractivity contribution >= 4 is 212 Å². The number of rotatable bonds is 12. The van der Waals surface area contributed by atoms with Crippen molar-refractivity contribution in [1.82, 2.24) is 0 Å². The van der Waals surface area contributed by atoms with Gasteiger partial charge in [-0.25, -0.2) is 0 Å². The molecule has 0 radical (unpaired) electrons. The molecule has 0 saturated carbocycles. The third-order valence-corrected chi connectivity index (χ3v) is 25.7. The Balaban J connectivity index is 0.880. The quantitative estimate of drug-likeness (QED) is 0.113. The molecule has 2 aromatic heterocycles. The van der Waals surface area contributed by atoms with Gasteiger partial charge in [0.1, 0.15) is 0 Å². The molecule has 19 aromatic rings. The first-order valence-corrected chi connectivity index (χ1v) is 40.1. The normalized spacial score (nSPS) is 12.9. The van der Waals surface area contributed by atoms with Gasteiger partial charge in [-0.15, -0.1) is 22.7 Å². The third-order valence-electron chi connectivity index (χ3n) is 23.3. The predicted molar refractivity (Wildman–Crippen MR) is 481 cm³/mol. The van der Waals surface area contributed by atoms with E-state index in [9.17, 15) is 0 Å². The average Bonchev–Trinajstić information content (AvgIpc) is 0.739. The van der Waals surface area contributed by atoms with Crippen LogP contribution in [-0.4, -0.2) is 13.4 Å². The SMILES string of the molecule is c1ccc(-c2ccccc2N2c3cc4c(cc3B3c5ccccc5N(c5cccc6c5sc5ccccc56)c5cc(N(c6ccccc6)c6ccccc6)cc2c53)B2c3ccccc3N(c3cccc5sc6ccccc6c35)c3cc(N(c5ccccc5)c5ccccc5)cc(c32)N4c2ccccc2-c2ccccc2)cc1. The van der Waals surface area contributed by atoms with E-state index in [0.717, 1.165) is 125 Å². The van der Waals surface area contributed by atoms with Gasteiger partial charge in [-0.05, 0) is 177 Å². The minimum atomic E-state index is -0.272. The van der Waals surface area contributed by atoms with Crippen molar-refractivity contribution in [1.29, 1.82) is 0 Å². The molecule has 0 spiro atoms. The lowest BCUT2D eigenvalue weighted by molar-refractivity contribution is 1.22. The van der Waals surface area contributed by atoms with E-state index in [1.54, 1.807) is 0 Å². The zero-order valence-electron chi connectivity index (χ0n) is 60.8. The van der Waals surface area contributed by atoms with Gasteiger partial charge >= 0.3 is 0 Å². The first-order valence-electron chi connectivity index (χ1n) is 38.5. The standard InChI is InChI=1S/C102H66B2N6S2/c1-7-33-67(34-8-1)75-45-19-25-52-84(75)107-90-66-91-83(65-82(90)103-80-50-23-27-54-86(80)109(88-56-32-60-98-99(88)79-48-22-30-59-97(79)111-98)94-63-73(61-92(107)100(94)103)105(69-37-11-3-12-38-69)70-39-13-4-14-40-70)104-81-51-24-28-55-87(81)110(89-57-31-49-78-77-47-21-29-58-96(77)112-102(78)89)95-64-74(106(71-41-15-5-16-42-71)72-43-17-6-18-44-72)62-93(101(95)104)108(91)85-53-26-20-46-76(85)68-35-9-2-10-36-68/h1-66H. The fraction of sp³-hybridized carbons (Fsp3) is 0. The molecule has 4 aliphatic heterocycles. The molecule has 23 rings (SSSR count). The van der Waals surface area contributed by atoms with Gasteiger partial charge in [0.05, 0.1) is 38.8 Å². The lowest BCUT2D eigenvalue weighted by Crippen LogP contribution is -2.65.